The predicted molar refractivity (Wildman–Crippen MR) is 79.7 cm³/mol. The lowest BCUT2D eigenvalue weighted by atomic mass is 10.1. The Morgan fingerprint density at radius 2 is 2.20 bits per heavy atom. The van der Waals surface area contributed by atoms with Gasteiger partial charge in [-0.1, -0.05) is 0 Å². The van der Waals surface area contributed by atoms with Crippen LogP contribution in [0, 0.1) is 6.92 Å². The molecule has 1 saturated carbocycles. The van der Waals surface area contributed by atoms with Gasteiger partial charge in [-0.3, -0.25) is 10.1 Å². The molecule has 1 aromatic heterocycles. The Bertz CT molecular complexity index is 534. The van der Waals surface area contributed by atoms with E-state index in [0.717, 1.165) is 12.8 Å². The van der Waals surface area contributed by atoms with Crippen LogP contribution in [0.4, 0.5) is 0 Å². The van der Waals surface area contributed by atoms with E-state index in [9.17, 15) is 4.79 Å². The van der Waals surface area contributed by atoms with E-state index in [1.54, 1.807) is 18.4 Å². The molecule has 2 fully saturated rings. The van der Waals surface area contributed by atoms with Crippen molar-refractivity contribution in [1.29, 1.82) is 0 Å². The summed E-state index contributed by atoms with van der Waals surface area (Å²) in [4.78, 5) is 17.1. The molecular weight excluding hydrogens is 272 g/mol. The number of hydrogen-bond acceptors (Lipinski definition) is 4. The maximum atomic E-state index is 12.7. The van der Waals surface area contributed by atoms with E-state index in [4.69, 9.17) is 4.74 Å². The predicted octanol–water partition coefficient (Wildman–Crippen LogP) is 2.44. The number of thiophene rings is 1. The lowest BCUT2D eigenvalue weighted by Crippen LogP contribution is -2.43. The number of hydrogen-bond donors (Lipinski definition) is 1. The molecule has 110 valence electrons. The molecule has 0 bridgehead atoms. The van der Waals surface area contributed by atoms with Gasteiger partial charge >= 0.3 is 0 Å². The van der Waals surface area contributed by atoms with Crippen molar-refractivity contribution in [2.24, 2.45) is 0 Å². The lowest BCUT2D eigenvalue weighted by Gasteiger charge is -2.32. The highest BCUT2D eigenvalue weighted by Gasteiger charge is 2.60. The average Bonchev–Trinajstić information content (AvgIpc) is 2.99. The summed E-state index contributed by atoms with van der Waals surface area (Å²) in [5.74, 6) is 0.235. The molecule has 5 heteroatoms. The fourth-order valence-corrected chi connectivity index (χ4v) is 3.68. The molecule has 20 heavy (non-hydrogen) atoms. The Kier molecular flexibility index (Phi) is 3.19. The van der Waals surface area contributed by atoms with Gasteiger partial charge in [-0.25, -0.2) is 0 Å². The second kappa shape index (κ2) is 4.55. The number of amides is 1. The lowest BCUT2D eigenvalue weighted by molar-refractivity contribution is -0.134. The number of carbonyl (C=O) groups excluding carboxylic acids is 1. The van der Waals surface area contributed by atoms with E-state index in [2.05, 4.69) is 24.4 Å². The maximum absolute atomic E-state index is 12.7. The highest BCUT2D eigenvalue weighted by Crippen LogP contribution is 2.47. The van der Waals surface area contributed by atoms with Gasteiger partial charge in [0.15, 0.2) is 0 Å². The van der Waals surface area contributed by atoms with Gasteiger partial charge in [-0.15, -0.1) is 11.3 Å². The molecule has 1 aliphatic heterocycles. The summed E-state index contributed by atoms with van der Waals surface area (Å²) in [6, 6.07) is 4.24. The first-order valence-electron chi connectivity index (χ1n) is 7.07. The van der Waals surface area contributed by atoms with Crippen molar-refractivity contribution in [3.05, 3.63) is 21.9 Å². The molecule has 0 aromatic carbocycles. The van der Waals surface area contributed by atoms with Crippen molar-refractivity contribution < 1.29 is 9.53 Å². The number of methoxy groups -OCH3 is 1. The van der Waals surface area contributed by atoms with Gasteiger partial charge in [0.2, 0.25) is 5.91 Å². The maximum Gasteiger partial charge on any atom is 0.244 e. The van der Waals surface area contributed by atoms with Gasteiger partial charge < -0.3 is 9.64 Å². The zero-order valence-electron chi connectivity index (χ0n) is 12.5. The largest absolute Gasteiger partial charge is 0.377 e. The summed E-state index contributed by atoms with van der Waals surface area (Å²) in [6.45, 7) is 6.75. The quantitative estimate of drug-likeness (QED) is 0.927. The molecule has 1 saturated heterocycles. The Labute approximate surface area is 124 Å². The molecule has 2 heterocycles. The zero-order valence-corrected chi connectivity index (χ0v) is 13.3. The van der Waals surface area contributed by atoms with E-state index in [0.29, 0.717) is 6.54 Å². The summed E-state index contributed by atoms with van der Waals surface area (Å²) in [7, 11) is 1.70. The van der Waals surface area contributed by atoms with Crippen molar-refractivity contribution in [3.8, 4) is 0 Å². The summed E-state index contributed by atoms with van der Waals surface area (Å²) in [6.07, 6.45) is 1.91. The molecule has 3 rings (SSSR count). The van der Waals surface area contributed by atoms with Crippen LogP contribution in [0.5, 0.6) is 0 Å². The highest BCUT2D eigenvalue weighted by atomic mass is 32.1. The highest BCUT2D eigenvalue weighted by molar-refractivity contribution is 7.12. The number of carbonyl (C=O) groups is 1. The van der Waals surface area contributed by atoms with Crippen LogP contribution in [0.2, 0.25) is 0 Å². The van der Waals surface area contributed by atoms with Gasteiger partial charge in [0, 0.05) is 16.9 Å². The minimum atomic E-state index is -0.331. The third-order valence-corrected chi connectivity index (χ3v) is 5.33. The Balaban J connectivity index is 1.89. The van der Waals surface area contributed by atoms with Crippen LogP contribution in [0.25, 0.3) is 0 Å². The molecule has 1 aliphatic carbocycles. The van der Waals surface area contributed by atoms with Crippen LogP contribution in [-0.4, -0.2) is 35.6 Å². The van der Waals surface area contributed by atoms with Gasteiger partial charge in [0.05, 0.1) is 12.1 Å². The molecule has 1 unspecified atom stereocenters. The third-order valence-electron chi connectivity index (χ3n) is 4.28. The van der Waals surface area contributed by atoms with Crippen molar-refractivity contribution in [2.75, 3.05) is 13.7 Å². The smallest absolute Gasteiger partial charge is 0.244 e. The van der Waals surface area contributed by atoms with Crippen LogP contribution < -0.4 is 5.32 Å². The summed E-state index contributed by atoms with van der Waals surface area (Å²) in [5, 5.41) is 3.55. The molecule has 4 nitrogen and oxygen atoms in total. The third kappa shape index (κ3) is 2.28. The summed E-state index contributed by atoms with van der Waals surface area (Å²) in [5.41, 5.74) is -0.616. The Morgan fingerprint density at radius 3 is 2.70 bits per heavy atom. The monoisotopic (exact) mass is 294 g/mol. The molecule has 1 aromatic rings. The first-order chi connectivity index (χ1) is 9.37. The van der Waals surface area contributed by atoms with Crippen molar-refractivity contribution >= 4 is 17.2 Å². The second-order valence-electron chi connectivity index (χ2n) is 6.47. The number of nitrogens with one attached hydrogen (secondary N) is 1. The molecule has 1 spiro atoms. The van der Waals surface area contributed by atoms with Gasteiger partial charge in [-0.05, 0) is 45.7 Å². The van der Waals surface area contributed by atoms with Crippen LogP contribution in [0.1, 0.15) is 42.6 Å². The van der Waals surface area contributed by atoms with Crippen LogP contribution in [0.3, 0.4) is 0 Å². The van der Waals surface area contributed by atoms with E-state index in [-0.39, 0.29) is 23.2 Å². The standard InChI is InChI=1S/C15H22N2O2S/c1-10-5-6-11(20-10)12-16-15(7-8-15)13(18)17(12)9-14(2,3)19-4/h5-6,12,16H,7-9H2,1-4H3. The fraction of sp³-hybridized carbons (Fsp3) is 0.667. The fourth-order valence-electron chi connectivity index (χ4n) is 2.74. The number of nitrogens with zero attached hydrogens (tertiary/aromatic N) is 1. The van der Waals surface area contributed by atoms with Gasteiger partial charge in [-0.2, -0.15) is 0 Å². The van der Waals surface area contributed by atoms with Gasteiger partial charge in [0.1, 0.15) is 11.7 Å². The minimum absolute atomic E-state index is 0.00174. The van der Waals surface area contributed by atoms with Crippen LogP contribution in [0.15, 0.2) is 12.1 Å². The zero-order chi connectivity index (χ0) is 14.5. The number of rotatable bonds is 4. The summed E-state index contributed by atoms with van der Waals surface area (Å²) >= 11 is 1.76. The van der Waals surface area contributed by atoms with Crippen molar-refractivity contribution in [1.82, 2.24) is 10.2 Å². The van der Waals surface area contributed by atoms with Crippen LogP contribution >= 0.6 is 11.3 Å². The Morgan fingerprint density at radius 1 is 1.50 bits per heavy atom. The molecular formula is C15H22N2O2S. The van der Waals surface area contributed by atoms with Crippen LogP contribution in [-0.2, 0) is 9.53 Å². The van der Waals surface area contributed by atoms with Crippen molar-refractivity contribution in [3.63, 3.8) is 0 Å². The number of aryl methyl sites for hydroxylation is 1. The van der Waals surface area contributed by atoms with Gasteiger partial charge in [0.25, 0.3) is 0 Å². The Hall–Kier alpha value is -0.910. The molecule has 1 atom stereocenters. The second-order valence-corrected chi connectivity index (χ2v) is 7.79. The molecule has 2 aliphatic rings. The number of ether oxygens (including phenoxy) is 1. The van der Waals surface area contributed by atoms with E-state index >= 15 is 0 Å². The topological polar surface area (TPSA) is 41.6 Å². The minimum Gasteiger partial charge on any atom is -0.377 e. The van der Waals surface area contributed by atoms with Crippen molar-refractivity contribution in [2.45, 2.75) is 50.9 Å². The normalized spacial score (nSPS) is 24.7. The van der Waals surface area contributed by atoms with E-state index in [1.165, 1.54) is 9.75 Å². The average molecular weight is 294 g/mol. The summed E-state index contributed by atoms with van der Waals surface area (Å²) < 4.78 is 5.51. The van der Waals surface area contributed by atoms with E-state index < -0.39 is 0 Å². The first kappa shape index (κ1) is 14.0. The SMILES string of the molecule is COC(C)(C)CN1C(=O)C2(CC2)NC1c1ccc(C)s1. The first-order valence-corrected chi connectivity index (χ1v) is 7.89. The molecule has 1 N–H and O–H groups in total. The molecule has 0 radical (unpaired) electrons. The van der Waals surface area contributed by atoms with E-state index in [1.807, 2.05) is 18.7 Å². The molecule has 1 amide bonds.